The Balaban J connectivity index is 1.36. The van der Waals surface area contributed by atoms with Crippen molar-refractivity contribution in [3.05, 3.63) is 71.3 Å². The molecule has 1 saturated heterocycles. The van der Waals surface area contributed by atoms with Crippen LogP contribution in [0.3, 0.4) is 0 Å². The highest BCUT2D eigenvalue weighted by Gasteiger charge is 2.47. The number of likely N-dealkylation sites (tertiary alicyclic amines) is 1. The van der Waals surface area contributed by atoms with Crippen LogP contribution in [0.4, 0.5) is 0 Å². The summed E-state index contributed by atoms with van der Waals surface area (Å²) in [5, 5.41) is 0. The van der Waals surface area contributed by atoms with Crippen LogP contribution in [0.5, 0.6) is 0 Å². The Labute approximate surface area is 159 Å². The maximum Gasteiger partial charge on any atom is 0.339 e. The SMILES string of the molecule is O=C1OC(CC(=O)N2CC(c3ccccc3)C3CCCC32)c2ccccc21. The first kappa shape index (κ1) is 16.5. The predicted octanol–water partition coefficient (Wildman–Crippen LogP) is 4.08. The lowest BCUT2D eigenvalue weighted by Crippen LogP contribution is -2.36. The number of carbonyl (C=O) groups excluding carboxylic acids is 2. The van der Waals surface area contributed by atoms with Gasteiger partial charge in [-0.2, -0.15) is 0 Å². The molecule has 138 valence electrons. The van der Waals surface area contributed by atoms with Gasteiger partial charge in [0.25, 0.3) is 0 Å². The molecule has 1 saturated carbocycles. The van der Waals surface area contributed by atoms with Crippen LogP contribution >= 0.6 is 0 Å². The Kier molecular flexibility index (Phi) is 4.00. The Morgan fingerprint density at radius 1 is 1.04 bits per heavy atom. The van der Waals surface area contributed by atoms with Crippen LogP contribution in [0.1, 0.15) is 59.2 Å². The number of rotatable bonds is 3. The largest absolute Gasteiger partial charge is 0.453 e. The summed E-state index contributed by atoms with van der Waals surface area (Å²) in [6.45, 7) is 0.778. The Morgan fingerprint density at radius 3 is 2.67 bits per heavy atom. The topological polar surface area (TPSA) is 46.6 Å². The zero-order valence-corrected chi connectivity index (χ0v) is 15.2. The van der Waals surface area contributed by atoms with Crippen molar-refractivity contribution in [1.82, 2.24) is 4.90 Å². The fraction of sp³-hybridized carbons (Fsp3) is 0.391. The maximum absolute atomic E-state index is 13.2. The third-order valence-corrected chi connectivity index (χ3v) is 6.53. The third kappa shape index (κ3) is 2.75. The number of hydrogen-bond acceptors (Lipinski definition) is 3. The molecule has 0 aromatic heterocycles. The number of carbonyl (C=O) groups is 2. The third-order valence-electron chi connectivity index (χ3n) is 6.53. The van der Waals surface area contributed by atoms with Crippen molar-refractivity contribution in [2.75, 3.05) is 6.54 Å². The summed E-state index contributed by atoms with van der Waals surface area (Å²) in [7, 11) is 0. The van der Waals surface area contributed by atoms with Crippen LogP contribution in [0.2, 0.25) is 0 Å². The minimum Gasteiger partial charge on any atom is -0.453 e. The fourth-order valence-electron chi connectivity index (χ4n) is 5.30. The molecule has 1 amide bonds. The van der Waals surface area contributed by atoms with Gasteiger partial charge in [0.15, 0.2) is 0 Å². The number of fused-ring (bicyclic) bond motifs is 2. The number of hydrogen-bond donors (Lipinski definition) is 0. The van der Waals surface area contributed by atoms with E-state index < -0.39 is 6.10 Å². The molecule has 2 heterocycles. The zero-order valence-electron chi connectivity index (χ0n) is 15.2. The molecule has 4 heteroatoms. The van der Waals surface area contributed by atoms with Gasteiger partial charge < -0.3 is 9.64 Å². The monoisotopic (exact) mass is 361 g/mol. The minimum absolute atomic E-state index is 0.111. The maximum atomic E-state index is 13.2. The smallest absolute Gasteiger partial charge is 0.339 e. The first-order valence-corrected chi connectivity index (χ1v) is 9.86. The molecule has 4 nitrogen and oxygen atoms in total. The summed E-state index contributed by atoms with van der Waals surface area (Å²) < 4.78 is 5.50. The number of benzene rings is 2. The van der Waals surface area contributed by atoms with Crippen LogP contribution in [0.25, 0.3) is 0 Å². The van der Waals surface area contributed by atoms with E-state index in [4.69, 9.17) is 4.74 Å². The Hall–Kier alpha value is -2.62. The second-order valence-electron chi connectivity index (χ2n) is 7.91. The summed E-state index contributed by atoms with van der Waals surface area (Å²) in [5.41, 5.74) is 2.78. The van der Waals surface area contributed by atoms with E-state index in [0.29, 0.717) is 23.4 Å². The summed E-state index contributed by atoms with van der Waals surface area (Å²) in [5.74, 6) is 0.765. The lowest BCUT2D eigenvalue weighted by atomic mass is 9.87. The van der Waals surface area contributed by atoms with E-state index in [9.17, 15) is 9.59 Å². The van der Waals surface area contributed by atoms with Crippen molar-refractivity contribution < 1.29 is 14.3 Å². The van der Waals surface area contributed by atoms with Crippen LogP contribution in [0, 0.1) is 5.92 Å². The molecule has 1 aliphatic carbocycles. The molecule has 5 rings (SSSR count). The first-order chi connectivity index (χ1) is 13.2. The Bertz CT molecular complexity index is 878. The van der Waals surface area contributed by atoms with E-state index in [0.717, 1.165) is 18.5 Å². The van der Waals surface area contributed by atoms with E-state index >= 15 is 0 Å². The average molecular weight is 361 g/mol. The Morgan fingerprint density at radius 2 is 1.81 bits per heavy atom. The van der Waals surface area contributed by atoms with Gasteiger partial charge in [-0.1, -0.05) is 55.0 Å². The summed E-state index contributed by atoms with van der Waals surface area (Å²) in [4.78, 5) is 27.3. The lowest BCUT2D eigenvalue weighted by molar-refractivity contribution is -0.134. The quantitative estimate of drug-likeness (QED) is 0.774. The van der Waals surface area contributed by atoms with Gasteiger partial charge in [-0.3, -0.25) is 4.79 Å². The van der Waals surface area contributed by atoms with Gasteiger partial charge in [0.2, 0.25) is 5.91 Å². The molecule has 0 N–H and O–H groups in total. The summed E-state index contributed by atoms with van der Waals surface area (Å²) in [6, 6.07) is 18.3. The highest BCUT2D eigenvalue weighted by atomic mass is 16.5. The van der Waals surface area contributed by atoms with E-state index in [1.165, 1.54) is 18.4 Å². The van der Waals surface area contributed by atoms with E-state index in [1.807, 2.05) is 24.3 Å². The molecule has 2 aromatic carbocycles. The first-order valence-electron chi connectivity index (χ1n) is 9.86. The van der Waals surface area contributed by atoms with Gasteiger partial charge in [-0.05, 0) is 30.4 Å². The van der Waals surface area contributed by atoms with Crippen molar-refractivity contribution in [3.8, 4) is 0 Å². The minimum atomic E-state index is -0.447. The van der Waals surface area contributed by atoms with Crippen LogP contribution in [-0.2, 0) is 9.53 Å². The van der Waals surface area contributed by atoms with Crippen molar-refractivity contribution in [3.63, 3.8) is 0 Å². The number of nitrogens with zero attached hydrogens (tertiary/aromatic N) is 1. The van der Waals surface area contributed by atoms with E-state index in [1.54, 1.807) is 6.07 Å². The van der Waals surface area contributed by atoms with Crippen LogP contribution in [-0.4, -0.2) is 29.4 Å². The fourth-order valence-corrected chi connectivity index (χ4v) is 5.30. The van der Waals surface area contributed by atoms with Crippen LogP contribution in [0.15, 0.2) is 54.6 Å². The molecule has 0 spiro atoms. The molecule has 0 bridgehead atoms. The number of amides is 1. The molecular weight excluding hydrogens is 338 g/mol. The summed E-state index contributed by atoms with van der Waals surface area (Å²) >= 11 is 0. The number of cyclic esters (lactones) is 1. The van der Waals surface area contributed by atoms with Gasteiger partial charge in [0, 0.05) is 24.1 Å². The van der Waals surface area contributed by atoms with Gasteiger partial charge in [0.1, 0.15) is 6.10 Å². The van der Waals surface area contributed by atoms with Crippen molar-refractivity contribution >= 4 is 11.9 Å². The average Bonchev–Trinajstić information content (AvgIpc) is 3.37. The van der Waals surface area contributed by atoms with E-state index in [-0.39, 0.29) is 18.3 Å². The van der Waals surface area contributed by atoms with Gasteiger partial charge in [0.05, 0.1) is 12.0 Å². The van der Waals surface area contributed by atoms with E-state index in [2.05, 4.69) is 29.2 Å². The molecule has 4 atom stereocenters. The molecule has 0 radical (unpaired) electrons. The van der Waals surface area contributed by atoms with Crippen molar-refractivity contribution in [2.45, 2.75) is 43.7 Å². The van der Waals surface area contributed by atoms with Gasteiger partial charge in [-0.25, -0.2) is 4.79 Å². The number of ether oxygens (including phenoxy) is 1. The zero-order chi connectivity index (χ0) is 18.4. The molecular formula is C23H23NO3. The molecule has 3 aliphatic rings. The second-order valence-corrected chi connectivity index (χ2v) is 7.91. The van der Waals surface area contributed by atoms with Crippen molar-refractivity contribution in [2.24, 2.45) is 5.92 Å². The molecule has 4 unspecified atom stereocenters. The molecule has 27 heavy (non-hydrogen) atoms. The highest BCUT2D eigenvalue weighted by Crippen LogP contribution is 2.47. The van der Waals surface area contributed by atoms with Gasteiger partial charge >= 0.3 is 5.97 Å². The molecule has 2 aromatic rings. The standard InChI is InChI=1S/C23H23NO3/c25-22(13-21-17-9-4-5-10-18(17)23(26)27-21)24-14-19(15-7-2-1-3-8-15)16-11-6-12-20(16)24/h1-5,7-10,16,19-21H,6,11-14H2. The van der Waals surface area contributed by atoms with Crippen molar-refractivity contribution in [1.29, 1.82) is 0 Å². The van der Waals surface area contributed by atoms with Gasteiger partial charge in [-0.15, -0.1) is 0 Å². The summed E-state index contributed by atoms with van der Waals surface area (Å²) in [6.07, 6.45) is 3.25. The molecule has 2 aliphatic heterocycles. The highest BCUT2D eigenvalue weighted by molar-refractivity contribution is 5.94. The lowest BCUT2D eigenvalue weighted by Gasteiger charge is -2.25. The van der Waals surface area contributed by atoms with Crippen LogP contribution < -0.4 is 0 Å². The predicted molar refractivity (Wildman–Crippen MR) is 101 cm³/mol. The molecule has 2 fully saturated rings. The number of esters is 1. The normalized spacial score (nSPS) is 28.7. The second kappa shape index (κ2) is 6.52.